The fourth-order valence-corrected chi connectivity index (χ4v) is 3.93. The number of ether oxygens (including phenoxy) is 2. The molecular formula is C20H31N3O3. The zero-order valence-electron chi connectivity index (χ0n) is 15.9. The lowest BCUT2D eigenvalue weighted by atomic mass is 9.91. The second kappa shape index (κ2) is 8.95. The van der Waals surface area contributed by atoms with Crippen LogP contribution in [-0.4, -0.2) is 69.5 Å². The summed E-state index contributed by atoms with van der Waals surface area (Å²) in [6.45, 7) is 7.56. The normalized spacial score (nSPS) is 21.9. The van der Waals surface area contributed by atoms with Crippen LogP contribution in [0.4, 0.5) is 0 Å². The van der Waals surface area contributed by atoms with Gasteiger partial charge >= 0.3 is 0 Å². The van der Waals surface area contributed by atoms with Gasteiger partial charge in [-0.05, 0) is 38.4 Å². The van der Waals surface area contributed by atoms with Crippen molar-refractivity contribution in [2.45, 2.75) is 31.4 Å². The van der Waals surface area contributed by atoms with Crippen molar-refractivity contribution >= 4 is 5.91 Å². The average Bonchev–Trinajstić information content (AvgIpc) is 2.69. The van der Waals surface area contributed by atoms with Crippen LogP contribution in [0.15, 0.2) is 24.3 Å². The molecule has 0 radical (unpaired) electrons. The van der Waals surface area contributed by atoms with Gasteiger partial charge < -0.3 is 20.1 Å². The Bertz CT molecular complexity index is 596. The van der Waals surface area contributed by atoms with E-state index < -0.39 is 5.60 Å². The maximum atomic E-state index is 12.9. The fourth-order valence-electron chi connectivity index (χ4n) is 3.93. The molecular weight excluding hydrogens is 330 g/mol. The van der Waals surface area contributed by atoms with Crippen LogP contribution < -0.4 is 10.6 Å². The number of piperidine rings is 1. The van der Waals surface area contributed by atoms with E-state index in [0.717, 1.165) is 39.4 Å². The second-order valence-electron chi connectivity index (χ2n) is 7.24. The molecule has 1 unspecified atom stereocenters. The summed E-state index contributed by atoms with van der Waals surface area (Å²) in [4.78, 5) is 15.3. The van der Waals surface area contributed by atoms with Gasteiger partial charge in [-0.2, -0.15) is 0 Å². The van der Waals surface area contributed by atoms with Crippen molar-refractivity contribution in [3.63, 3.8) is 0 Å². The van der Waals surface area contributed by atoms with E-state index in [-0.39, 0.29) is 11.9 Å². The zero-order valence-corrected chi connectivity index (χ0v) is 15.9. The van der Waals surface area contributed by atoms with Gasteiger partial charge in [0.25, 0.3) is 5.91 Å². The van der Waals surface area contributed by atoms with E-state index >= 15 is 0 Å². The molecule has 0 spiro atoms. The van der Waals surface area contributed by atoms with Crippen LogP contribution in [-0.2, 0) is 14.3 Å². The Morgan fingerprint density at radius 1 is 1.35 bits per heavy atom. The van der Waals surface area contributed by atoms with Gasteiger partial charge in [0.05, 0.1) is 19.3 Å². The topological polar surface area (TPSA) is 62.8 Å². The minimum absolute atomic E-state index is 0.00686. The van der Waals surface area contributed by atoms with Crippen molar-refractivity contribution in [3.05, 3.63) is 35.4 Å². The number of morpholine rings is 1. The summed E-state index contributed by atoms with van der Waals surface area (Å²) >= 11 is 0. The molecule has 1 aromatic carbocycles. The van der Waals surface area contributed by atoms with E-state index in [1.54, 1.807) is 7.11 Å². The summed E-state index contributed by atoms with van der Waals surface area (Å²) in [5.74, 6) is 0.00686. The minimum Gasteiger partial charge on any atom is -0.379 e. The number of nitrogens with one attached hydrogen (secondary N) is 2. The lowest BCUT2D eigenvalue weighted by Gasteiger charge is -2.38. The lowest BCUT2D eigenvalue weighted by molar-refractivity contribution is -0.147. The van der Waals surface area contributed by atoms with Gasteiger partial charge in [-0.15, -0.1) is 0 Å². The van der Waals surface area contributed by atoms with Crippen LogP contribution in [0.3, 0.4) is 0 Å². The molecule has 2 heterocycles. The molecule has 1 atom stereocenters. The Balaban J connectivity index is 1.72. The molecule has 26 heavy (non-hydrogen) atoms. The van der Waals surface area contributed by atoms with Crippen molar-refractivity contribution in [2.75, 3.05) is 53.0 Å². The molecule has 2 aliphatic rings. The molecule has 0 aliphatic carbocycles. The number of carbonyl (C=O) groups excluding carboxylic acids is 1. The highest BCUT2D eigenvalue weighted by molar-refractivity contribution is 5.85. The molecule has 2 saturated heterocycles. The smallest absolute Gasteiger partial charge is 0.252 e. The molecule has 6 nitrogen and oxygen atoms in total. The molecule has 1 amide bonds. The van der Waals surface area contributed by atoms with Crippen molar-refractivity contribution in [1.82, 2.24) is 15.5 Å². The molecule has 0 aromatic heterocycles. The summed E-state index contributed by atoms with van der Waals surface area (Å²) in [6, 6.07) is 8.70. The minimum atomic E-state index is -0.701. The van der Waals surface area contributed by atoms with Crippen LogP contribution in [0.1, 0.15) is 30.0 Å². The lowest BCUT2D eigenvalue weighted by Crippen LogP contribution is -2.55. The number of amides is 1. The first-order valence-electron chi connectivity index (χ1n) is 9.57. The van der Waals surface area contributed by atoms with Crippen LogP contribution in [0.25, 0.3) is 0 Å². The molecule has 2 N–H and O–H groups in total. The molecule has 6 heteroatoms. The first-order valence-corrected chi connectivity index (χ1v) is 9.57. The highest BCUT2D eigenvalue weighted by atomic mass is 16.5. The average molecular weight is 361 g/mol. The number of rotatable bonds is 6. The number of methoxy groups -OCH3 is 1. The number of aryl methyl sites for hydroxylation is 1. The van der Waals surface area contributed by atoms with E-state index in [2.05, 4.69) is 46.7 Å². The maximum absolute atomic E-state index is 12.9. The number of nitrogens with zero attached hydrogens (tertiary/aromatic N) is 1. The van der Waals surface area contributed by atoms with E-state index in [4.69, 9.17) is 9.47 Å². The molecule has 0 saturated carbocycles. The Morgan fingerprint density at radius 3 is 2.73 bits per heavy atom. The first-order chi connectivity index (χ1) is 12.6. The summed E-state index contributed by atoms with van der Waals surface area (Å²) in [6.07, 6.45) is 1.42. The summed E-state index contributed by atoms with van der Waals surface area (Å²) in [7, 11) is 1.64. The van der Waals surface area contributed by atoms with Gasteiger partial charge in [-0.3, -0.25) is 9.69 Å². The third-order valence-corrected chi connectivity index (χ3v) is 5.59. The highest BCUT2D eigenvalue weighted by Gasteiger charge is 2.40. The number of hydrogen-bond donors (Lipinski definition) is 2. The van der Waals surface area contributed by atoms with Gasteiger partial charge in [0.1, 0.15) is 5.60 Å². The predicted octanol–water partition coefficient (Wildman–Crippen LogP) is 1.25. The van der Waals surface area contributed by atoms with Crippen LogP contribution >= 0.6 is 0 Å². The SMILES string of the molecule is COC1(C(=O)NCC(c2cccc(C)c2)N2CCOCC2)CCNCC1. The van der Waals surface area contributed by atoms with Crippen LogP contribution in [0.5, 0.6) is 0 Å². The Labute approximate surface area is 156 Å². The maximum Gasteiger partial charge on any atom is 0.252 e. The molecule has 3 rings (SSSR count). The largest absolute Gasteiger partial charge is 0.379 e. The number of benzene rings is 1. The Hall–Kier alpha value is -1.47. The molecule has 2 fully saturated rings. The standard InChI is InChI=1S/C20H31N3O3/c1-16-4-3-5-17(14-16)18(23-10-12-26-13-11-23)15-22-19(24)20(25-2)6-8-21-9-7-20/h3-5,14,18,21H,6-13,15H2,1-2H3,(H,22,24). The zero-order chi connectivity index (χ0) is 18.4. The first kappa shape index (κ1) is 19.3. The third kappa shape index (κ3) is 4.43. The Kier molecular flexibility index (Phi) is 6.64. The van der Waals surface area contributed by atoms with Gasteiger partial charge in [-0.1, -0.05) is 29.8 Å². The summed E-state index contributed by atoms with van der Waals surface area (Å²) in [5.41, 5.74) is 1.77. The number of hydrogen-bond acceptors (Lipinski definition) is 5. The quantitative estimate of drug-likeness (QED) is 0.799. The van der Waals surface area contributed by atoms with E-state index in [1.165, 1.54) is 11.1 Å². The molecule has 2 aliphatic heterocycles. The Morgan fingerprint density at radius 2 is 2.08 bits per heavy atom. The second-order valence-corrected chi connectivity index (χ2v) is 7.24. The molecule has 144 valence electrons. The third-order valence-electron chi connectivity index (χ3n) is 5.59. The van der Waals surface area contributed by atoms with Crippen molar-refractivity contribution in [1.29, 1.82) is 0 Å². The van der Waals surface area contributed by atoms with E-state index in [0.29, 0.717) is 19.4 Å². The van der Waals surface area contributed by atoms with E-state index in [9.17, 15) is 4.79 Å². The van der Waals surface area contributed by atoms with Crippen LogP contribution in [0.2, 0.25) is 0 Å². The van der Waals surface area contributed by atoms with Gasteiger partial charge in [0, 0.05) is 26.7 Å². The van der Waals surface area contributed by atoms with Crippen molar-refractivity contribution in [2.24, 2.45) is 0 Å². The van der Waals surface area contributed by atoms with Crippen LogP contribution in [0, 0.1) is 6.92 Å². The van der Waals surface area contributed by atoms with E-state index in [1.807, 2.05) is 0 Å². The monoisotopic (exact) mass is 361 g/mol. The van der Waals surface area contributed by atoms with Crippen molar-refractivity contribution in [3.8, 4) is 0 Å². The fraction of sp³-hybridized carbons (Fsp3) is 0.650. The molecule has 0 bridgehead atoms. The predicted molar refractivity (Wildman–Crippen MR) is 101 cm³/mol. The summed E-state index contributed by atoms with van der Waals surface area (Å²) in [5, 5.41) is 6.48. The highest BCUT2D eigenvalue weighted by Crippen LogP contribution is 2.25. The van der Waals surface area contributed by atoms with Crippen molar-refractivity contribution < 1.29 is 14.3 Å². The van der Waals surface area contributed by atoms with Gasteiger partial charge in [0.2, 0.25) is 0 Å². The summed E-state index contributed by atoms with van der Waals surface area (Å²) < 4.78 is 11.2. The van der Waals surface area contributed by atoms with Gasteiger partial charge in [-0.25, -0.2) is 0 Å². The van der Waals surface area contributed by atoms with Gasteiger partial charge in [0.15, 0.2) is 0 Å². The number of carbonyl (C=O) groups is 1. The molecule has 1 aromatic rings.